The zero-order valence-electron chi connectivity index (χ0n) is 12.5. The van der Waals surface area contributed by atoms with Crippen LogP contribution in [-0.2, 0) is 9.47 Å². The van der Waals surface area contributed by atoms with E-state index in [4.69, 9.17) is 19.3 Å². The molecule has 7 heteroatoms. The Balaban J connectivity index is 2.12. The average molecular weight is 311 g/mol. The molecule has 22 heavy (non-hydrogen) atoms. The predicted molar refractivity (Wildman–Crippen MR) is 79.1 cm³/mol. The maximum absolute atomic E-state index is 10.1. The number of nitrogens with zero attached hydrogens (tertiary/aromatic N) is 1. The van der Waals surface area contributed by atoms with Crippen LogP contribution in [0.1, 0.15) is 5.56 Å². The molecular weight excluding hydrogens is 290 g/mol. The Hall–Kier alpha value is -1.51. The number of benzene rings is 1. The third kappa shape index (κ3) is 3.63. The van der Waals surface area contributed by atoms with Crippen molar-refractivity contribution in [1.29, 1.82) is 0 Å². The van der Waals surface area contributed by atoms with Crippen LogP contribution in [0.5, 0.6) is 5.75 Å². The molecule has 1 fully saturated rings. The number of aliphatic hydroxyl groups is 3. The first-order chi connectivity index (χ1) is 10.6. The van der Waals surface area contributed by atoms with Crippen molar-refractivity contribution in [3.8, 4) is 5.75 Å². The summed E-state index contributed by atoms with van der Waals surface area (Å²) < 4.78 is 15.6. The highest BCUT2D eigenvalue weighted by molar-refractivity contribution is 5.79. The van der Waals surface area contributed by atoms with Gasteiger partial charge in [-0.15, -0.1) is 0 Å². The van der Waals surface area contributed by atoms with Crippen LogP contribution in [0.3, 0.4) is 0 Å². The normalized spacial score (nSPS) is 32.3. The fourth-order valence-electron chi connectivity index (χ4n) is 2.28. The van der Waals surface area contributed by atoms with Crippen LogP contribution in [0.25, 0.3) is 0 Å². The van der Waals surface area contributed by atoms with E-state index in [-0.39, 0.29) is 0 Å². The molecular formula is C15H21NO6. The zero-order valence-corrected chi connectivity index (χ0v) is 12.5. The Labute approximate surface area is 128 Å². The molecule has 0 aromatic heterocycles. The average Bonchev–Trinajstić information content (AvgIpc) is 2.56. The molecule has 1 heterocycles. The molecule has 2 rings (SSSR count). The van der Waals surface area contributed by atoms with Crippen LogP contribution in [0.2, 0.25) is 0 Å². The van der Waals surface area contributed by atoms with Crippen molar-refractivity contribution in [2.24, 2.45) is 4.99 Å². The number of hydrogen-bond donors (Lipinski definition) is 3. The van der Waals surface area contributed by atoms with Crippen molar-refractivity contribution in [3.05, 3.63) is 29.8 Å². The molecule has 7 nitrogen and oxygen atoms in total. The first kappa shape index (κ1) is 16.9. The molecule has 1 aromatic carbocycles. The van der Waals surface area contributed by atoms with Gasteiger partial charge in [-0.25, -0.2) is 0 Å². The van der Waals surface area contributed by atoms with E-state index in [0.29, 0.717) is 0 Å². The maximum Gasteiger partial charge on any atom is 0.182 e. The summed E-state index contributed by atoms with van der Waals surface area (Å²) in [4.78, 5) is 4.25. The molecule has 122 valence electrons. The lowest BCUT2D eigenvalue weighted by molar-refractivity contribution is -0.257. The Morgan fingerprint density at radius 1 is 1.18 bits per heavy atom. The lowest BCUT2D eigenvalue weighted by Gasteiger charge is -2.39. The van der Waals surface area contributed by atoms with Gasteiger partial charge >= 0.3 is 0 Å². The highest BCUT2D eigenvalue weighted by Gasteiger charge is 2.44. The second-order valence-electron chi connectivity index (χ2n) is 4.98. The van der Waals surface area contributed by atoms with Crippen molar-refractivity contribution in [2.45, 2.75) is 30.6 Å². The van der Waals surface area contributed by atoms with Gasteiger partial charge in [-0.05, 0) is 29.8 Å². The molecule has 1 saturated heterocycles. The zero-order chi connectivity index (χ0) is 16.1. The van der Waals surface area contributed by atoms with Crippen molar-refractivity contribution in [1.82, 2.24) is 0 Å². The summed E-state index contributed by atoms with van der Waals surface area (Å²) in [6, 6.07) is 6.42. The Morgan fingerprint density at radius 3 is 2.41 bits per heavy atom. The third-order valence-electron chi connectivity index (χ3n) is 3.59. The SMILES string of the molecule is COc1ccc(/C=N/[C@H]2C(OC)O[C@H](CO)[C@H](O)[C@@H]2O)cc1. The van der Waals surface area contributed by atoms with Crippen molar-refractivity contribution in [2.75, 3.05) is 20.8 Å². The number of methoxy groups -OCH3 is 2. The van der Waals surface area contributed by atoms with Gasteiger partial charge in [0.2, 0.25) is 0 Å². The van der Waals surface area contributed by atoms with Gasteiger partial charge in [0.05, 0.1) is 13.7 Å². The van der Waals surface area contributed by atoms with Crippen LogP contribution in [0, 0.1) is 0 Å². The van der Waals surface area contributed by atoms with Gasteiger partial charge in [0.15, 0.2) is 6.29 Å². The molecule has 1 unspecified atom stereocenters. The summed E-state index contributed by atoms with van der Waals surface area (Å²) in [5, 5.41) is 29.2. The highest BCUT2D eigenvalue weighted by Crippen LogP contribution is 2.24. The Morgan fingerprint density at radius 2 is 1.86 bits per heavy atom. The standard InChI is InChI=1S/C15H21NO6/c1-20-10-5-3-9(4-6-10)7-16-12-14(19)13(18)11(8-17)22-15(12)21-2/h3-7,11-15,17-19H,8H2,1-2H3/b16-7+/t11-,12-,13+,14-,15?/m1/s1. The van der Waals surface area contributed by atoms with E-state index in [1.54, 1.807) is 25.5 Å². The minimum Gasteiger partial charge on any atom is -0.497 e. The number of hydrogen-bond acceptors (Lipinski definition) is 7. The van der Waals surface area contributed by atoms with Gasteiger partial charge in [0.25, 0.3) is 0 Å². The fourth-order valence-corrected chi connectivity index (χ4v) is 2.28. The molecule has 5 atom stereocenters. The number of aliphatic imine (C=N–C) groups is 1. The van der Waals surface area contributed by atoms with E-state index in [9.17, 15) is 10.2 Å². The van der Waals surface area contributed by atoms with Crippen LogP contribution >= 0.6 is 0 Å². The maximum atomic E-state index is 10.1. The number of ether oxygens (including phenoxy) is 3. The molecule has 0 amide bonds. The van der Waals surface area contributed by atoms with Crippen molar-refractivity contribution < 1.29 is 29.5 Å². The van der Waals surface area contributed by atoms with E-state index in [1.807, 2.05) is 12.1 Å². The van der Waals surface area contributed by atoms with E-state index in [0.717, 1.165) is 11.3 Å². The van der Waals surface area contributed by atoms with E-state index < -0.39 is 37.3 Å². The molecule has 3 N–H and O–H groups in total. The minimum absolute atomic E-state index is 0.410. The summed E-state index contributed by atoms with van der Waals surface area (Å²) in [6.45, 7) is -0.410. The summed E-state index contributed by atoms with van der Waals surface area (Å²) in [7, 11) is 3.00. The van der Waals surface area contributed by atoms with E-state index in [2.05, 4.69) is 4.99 Å². The molecule has 0 saturated carbocycles. The van der Waals surface area contributed by atoms with Gasteiger partial charge in [0, 0.05) is 13.3 Å². The molecule has 0 aliphatic carbocycles. The third-order valence-corrected chi connectivity index (χ3v) is 3.59. The molecule has 1 aliphatic heterocycles. The first-order valence-electron chi connectivity index (χ1n) is 6.93. The van der Waals surface area contributed by atoms with Crippen LogP contribution < -0.4 is 4.74 Å². The monoisotopic (exact) mass is 311 g/mol. The highest BCUT2D eigenvalue weighted by atomic mass is 16.7. The van der Waals surface area contributed by atoms with Gasteiger partial charge in [0.1, 0.15) is 30.1 Å². The molecule has 0 bridgehead atoms. The number of rotatable bonds is 5. The first-order valence-corrected chi connectivity index (χ1v) is 6.93. The Bertz CT molecular complexity index is 489. The Kier molecular flexibility index (Phi) is 5.87. The second kappa shape index (κ2) is 7.66. The summed E-state index contributed by atoms with van der Waals surface area (Å²) >= 11 is 0. The minimum atomic E-state index is -1.23. The van der Waals surface area contributed by atoms with Crippen LogP contribution in [0.15, 0.2) is 29.3 Å². The quantitative estimate of drug-likeness (QED) is 0.638. The molecule has 0 spiro atoms. The van der Waals surface area contributed by atoms with Gasteiger partial charge in [-0.2, -0.15) is 0 Å². The second-order valence-corrected chi connectivity index (χ2v) is 4.98. The van der Waals surface area contributed by atoms with Gasteiger partial charge in [-0.3, -0.25) is 4.99 Å². The molecule has 1 aromatic rings. The van der Waals surface area contributed by atoms with E-state index in [1.165, 1.54) is 7.11 Å². The molecule has 0 radical (unpaired) electrons. The fraction of sp³-hybridized carbons (Fsp3) is 0.533. The topological polar surface area (TPSA) is 101 Å². The van der Waals surface area contributed by atoms with Crippen LogP contribution in [-0.4, -0.2) is 73.0 Å². The summed E-state index contributed by atoms with van der Waals surface area (Å²) in [5.74, 6) is 0.731. The lowest BCUT2D eigenvalue weighted by Crippen LogP contribution is -2.58. The molecule has 1 aliphatic rings. The van der Waals surface area contributed by atoms with E-state index >= 15 is 0 Å². The summed E-state index contributed by atoms with van der Waals surface area (Å²) in [6.07, 6.45) is -2.59. The van der Waals surface area contributed by atoms with Gasteiger partial charge < -0.3 is 29.5 Å². The largest absolute Gasteiger partial charge is 0.497 e. The van der Waals surface area contributed by atoms with Crippen LogP contribution in [0.4, 0.5) is 0 Å². The number of aliphatic hydroxyl groups excluding tert-OH is 3. The lowest BCUT2D eigenvalue weighted by atomic mass is 9.97. The van der Waals surface area contributed by atoms with Crippen molar-refractivity contribution >= 4 is 6.21 Å². The smallest absolute Gasteiger partial charge is 0.182 e. The predicted octanol–water partition coefficient (Wildman–Crippen LogP) is -0.432. The van der Waals surface area contributed by atoms with Gasteiger partial charge in [-0.1, -0.05) is 0 Å². The van der Waals surface area contributed by atoms with Crippen molar-refractivity contribution in [3.63, 3.8) is 0 Å². The summed E-state index contributed by atoms with van der Waals surface area (Å²) in [5.41, 5.74) is 0.807.